The number of hydrogen-bond donors (Lipinski definition) is 1. The van der Waals surface area contributed by atoms with Gasteiger partial charge in [-0.25, -0.2) is 9.37 Å². The molecule has 0 saturated heterocycles. The number of likely N-dealkylation sites (N-methyl/N-ethyl adjacent to an activating group) is 1. The van der Waals surface area contributed by atoms with Crippen molar-refractivity contribution in [2.75, 3.05) is 7.05 Å². The minimum Gasteiger partial charge on any atom is -0.316 e. The van der Waals surface area contributed by atoms with Gasteiger partial charge in [-0.15, -0.1) is 11.3 Å². The van der Waals surface area contributed by atoms with E-state index in [0.29, 0.717) is 6.42 Å². The molecule has 0 saturated carbocycles. The van der Waals surface area contributed by atoms with Crippen LogP contribution in [0.15, 0.2) is 24.3 Å². The van der Waals surface area contributed by atoms with Crippen molar-refractivity contribution >= 4 is 11.3 Å². The Bertz CT molecular complexity index is 531. The maximum Gasteiger partial charge on any atom is 0.126 e. The predicted molar refractivity (Wildman–Crippen MR) is 78.2 cm³/mol. The number of benzene rings is 1. The van der Waals surface area contributed by atoms with E-state index in [4.69, 9.17) is 0 Å². The molecule has 4 heteroatoms. The molecule has 102 valence electrons. The highest BCUT2D eigenvalue weighted by Crippen LogP contribution is 2.19. The summed E-state index contributed by atoms with van der Waals surface area (Å²) in [7, 11) is 1.92. The highest BCUT2D eigenvalue weighted by atomic mass is 32.1. The number of nitrogens with zero attached hydrogens (tertiary/aromatic N) is 1. The fourth-order valence-electron chi connectivity index (χ4n) is 2.04. The molecule has 1 aromatic carbocycles. The Morgan fingerprint density at radius 1 is 1.26 bits per heavy atom. The minimum atomic E-state index is -0.130. The number of halogens is 1. The van der Waals surface area contributed by atoms with Crippen LogP contribution in [0, 0.1) is 19.7 Å². The molecule has 2 nitrogen and oxygen atoms in total. The molecule has 0 radical (unpaired) electrons. The maximum absolute atomic E-state index is 13.7. The first kappa shape index (κ1) is 14.2. The van der Waals surface area contributed by atoms with Gasteiger partial charge in [0.2, 0.25) is 0 Å². The second-order valence-electron chi connectivity index (χ2n) is 4.73. The molecule has 1 atom stereocenters. The van der Waals surface area contributed by atoms with Gasteiger partial charge in [-0.1, -0.05) is 18.2 Å². The van der Waals surface area contributed by atoms with Crippen LogP contribution in [0.5, 0.6) is 0 Å². The van der Waals surface area contributed by atoms with Gasteiger partial charge in [0.05, 0.1) is 10.7 Å². The van der Waals surface area contributed by atoms with Crippen molar-refractivity contribution in [2.45, 2.75) is 32.7 Å². The third-order valence-corrected chi connectivity index (χ3v) is 4.42. The average molecular weight is 278 g/mol. The zero-order valence-corrected chi connectivity index (χ0v) is 12.4. The highest BCUT2D eigenvalue weighted by molar-refractivity contribution is 7.11. The fourth-order valence-corrected chi connectivity index (χ4v) is 3.06. The Hall–Kier alpha value is -1.26. The number of nitrogens with one attached hydrogen (secondary N) is 1. The van der Waals surface area contributed by atoms with Gasteiger partial charge in [-0.2, -0.15) is 0 Å². The number of hydrogen-bond acceptors (Lipinski definition) is 3. The van der Waals surface area contributed by atoms with E-state index in [-0.39, 0.29) is 11.9 Å². The van der Waals surface area contributed by atoms with Crippen LogP contribution in [0.2, 0.25) is 0 Å². The Morgan fingerprint density at radius 3 is 2.58 bits per heavy atom. The van der Waals surface area contributed by atoms with E-state index in [9.17, 15) is 4.39 Å². The zero-order valence-electron chi connectivity index (χ0n) is 11.5. The van der Waals surface area contributed by atoms with Crippen LogP contribution < -0.4 is 5.32 Å². The number of aromatic nitrogens is 1. The fraction of sp³-hybridized carbons (Fsp3) is 0.400. The topological polar surface area (TPSA) is 24.9 Å². The summed E-state index contributed by atoms with van der Waals surface area (Å²) in [5.74, 6) is -0.130. The van der Waals surface area contributed by atoms with Gasteiger partial charge in [0.15, 0.2) is 0 Å². The van der Waals surface area contributed by atoms with Gasteiger partial charge in [0, 0.05) is 17.3 Å². The van der Waals surface area contributed by atoms with Crippen molar-refractivity contribution in [3.63, 3.8) is 0 Å². The van der Waals surface area contributed by atoms with E-state index in [1.165, 1.54) is 10.9 Å². The molecule has 2 rings (SSSR count). The monoisotopic (exact) mass is 278 g/mol. The van der Waals surface area contributed by atoms with Crippen LogP contribution in [-0.4, -0.2) is 18.1 Å². The zero-order chi connectivity index (χ0) is 13.8. The van der Waals surface area contributed by atoms with Gasteiger partial charge < -0.3 is 5.32 Å². The molecule has 19 heavy (non-hydrogen) atoms. The van der Waals surface area contributed by atoms with E-state index in [2.05, 4.69) is 17.2 Å². The van der Waals surface area contributed by atoms with Gasteiger partial charge in [0.25, 0.3) is 0 Å². The summed E-state index contributed by atoms with van der Waals surface area (Å²) >= 11 is 1.73. The maximum atomic E-state index is 13.7. The van der Waals surface area contributed by atoms with E-state index >= 15 is 0 Å². The molecule has 1 unspecified atom stereocenters. The lowest BCUT2D eigenvalue weighted by Gasteiger charge is -2.15. The van der Waals surface area contributed by atoms with Crippen molar-refractivity contribution in [1.82, 2.24) is 10.3 Å². The van der Waals surface area contributed by atoms with Crippen LogP contribution in [0.3, 0.4) is 0 Å². The van der Waals surface area contributed by atoms with E-state index < -0.39 is 0 Å². The van der Waals surface area contributed by atoms with E-state index in [1.807, 2.05) is 26.1 Å². The van der Waals surface area contributed by atoms with Crippen LogP contribution >= 0.6 is 11.3 Å². The summed E-state index contributed by atoms with van der Waals surface area (Å²) in [6, 6.07) is 7.17. The first-order valence-corrected chi connectivity index (χ1v) is 7.25. The molecular formula is C15H19FN2S. The Labute approximate surface area is 117 Å². The quantitative estimate of drug-likeness (QED) is 0.908. The number of thiazole rings is 1. The lowest BCUT2D eigenvalue weighted by Crippen LogP contribution is -2.30. The second kappa shape index (κ2) is 6.26. The molecule has 2 aromatic rings. The molecule has 0 bridgehead atoms. The van der Waals surface area contributed by atoms with Crippen molar-refractivity contribution < 1.29 is 4.39 Å². The van der Waals surface area contributed by atoms with Crippen LogP contribution in [0.25, 0.3) is 0 Å². The van der Waals surface area contributed by atoms with Crippen molar-refractivity contribution in [2.24, 2.45) is 0 Å². The highest BCUT2D eigenvalue weighted by Gasteiger charge is 2.14. The third-order valence-electron chi connectivity index (χ3n) is 3.33. The molecular weight excluding hydrogens is 259 g/mol. The van der Waals surface area contributed by atoms with Crippen molar-refractivity contribution in [1.29, 1.82) is 0 Å². The average Bonchev–Trinajstić information content (AvgIpc) is 2.70. The van der Waals surface area contributed by atoms with Gasteiger partial charge in [-0.3, -0.25) is 0 Å². The smallest absolute Gasteiger partial charge is 0.126 e. The minimum absolute atomic E-state index is 0.130. The summed E-state index contributed by atoms with van der Waals surface area (Å²) in [5, 5.41) is 4.37. The van der Waals surface area contributed by atoms with Crippen LogP contribution in [0.1, 0.15) is 21.1 Å². The standard InChI is InChI=1S/C15H19FN2S/c1-10-11(2)19-15(18-10)9-13(17-3)8-12-6-4-5-7-14(12)16/h4-7,13,17H,8-9H2,1-3H3. The molecule has 0 spiro atoms. The van der Waals surface area contributed by atoms with Crippen LogP contribution in [-0.2, 0) is 12.8 Å². The molecule has 0 fully saturated rings. The first-order valence-electron chi connectivity index (χ1n) is 6.43. The van der Waals surface area contributed by atoms with Gasteiger partial charge in [-0.05, 0) is 38.9 Å². The van der Waals surface area contributed by atoms with Gasteiger partial charge >= 0.3 is 0 Å². The molecule has 1 N–H and O–H groups in total. The molecule has 0 aliphatic heterocycles. The van der Waals surface area contributed by atoms with E-state index in [1.54, 1.807) is 17.4 Å². The lowest BCUT2D eigenvalue weighted by atomic mass is 10.0. The number of aryl methyl sites for hydroxylation is 2. The summed E-state index contributed by atoms with van der Waals surface area (Å²) < 4.78 is 13.7. The normalized spacial score (nSPS) is 12.6. The molecule has 1 aromatic heterocycles. The summed E-state index contributed by atoms with van der Waals surface area (Å²) in [6.45, 7) is 4.11. The first-order chi connectivity index (χ1) is 9.10. The second-order valence-corrected chi connectivity index (χ2v) is 6.02. The number of rotatable bonds is 5. The third kappa shape index (κ3) is 3.61. The van der Waals surface area contributed by atoms with E-state index in [0.717, 1.165) is 22.7 Å². The molecule has 0 aliphatic rings. The molecule has 0 amide bonds. The van der Waals surface area contributed by atoms with Crippen LogP contribution in [0.4, 0.5) is 4.39 Å². The largest absolute Gasteiger partial charge is 0.316 e. The Kier molecular flexibility index (Phi) is 4.66. The van der Waals surface area contributed by atoms with Gasteiger partial charge in [0.1, 0.15) is 5.82 Å². The predicted octanol–water partition coefficient (Wildman–Crippen LogP) is 3.27. The summed E-state index contributed by atoms with van der Waals surface area (Å²) in [5.41, 5.74) is 1.85. The summed E-state index contributed by atoms with van der Waals surface area (Å²) in [6.07, 6.45) is 1.52. The SMILES string of the molecule is CNC(Cc1nc(C)c(C)s1)Cc1ccccc1F. The lowest BCUT2D eigenvalue weighted by molar-refractivity contribution is 0.531. The Morgan fingerprint density at radius 2 is 2.00 bits per heavy atom. The van der Waals surface area contributed by atoms with Crippen molar-refractivity contribution in [3.8, 4) is 0 Å². The molecule has 1 heterocycles. The Balaban J connectivity index is 2.07. The summed E-state index contributed by atoms with van der Waals surface area (Å²) in [4.78, 5) is 5.81. The molecule has 0 aliphatic carbocycles. The van der Waals surface area contributed by atoms with Crippen molar-refractivity contribution in [3.05, 3.63) is 51.2 Å².